The zero-order chi connectivity index (χ0) is 16.0. The van der Waals surface area contributed by atoms with Crippen LogP contribution in [0.2, 0.25) is 5.02 Å². The molecule has 23 heavy (non-hydrogen) atoms. The Morgan fingerprint density at radius 3 is 2.74 bits per heavy atom. The van der Waals surface area contributed by atoms with Crippen molar-refractivity contribution in [1.82, 2.24) is 14.8 Å². The molecule has 2 saturated carbocycles. The minimum Gasteiger partial charge on any atom is -0.479 e. The minimum atomic E-state index is -0.498. The second-order valence-electron chi connectivity index (χ2n) is 6.01. The molecule has 4 rings (SSSR count). The highest BCUT2D eigenvalue weighted by molar-refractivity contribution is 6.30. The molecule has 0 unspecified atom stereocenters. The fourth-order valence-corrected chi connectivity index (χ4v) is 2.85. The van der Waals surface area contributed by atoms with Crippen LogP contribution >= 0.6 is 11.6 Å². The van der Waals surface area contributed by atoms with Crippen LogP contribution in [0.4, 0.5) is 5.69 Å². The van der Waals surface area contributed by atoms with Crippen molar-refractivity contribution in [3.8, 4) is 5.75 Å². The maximum absolute atomic E-state index is 11.1. The maximum atomic E-state index is 11.1. The molecule has 0 saturated heterocycles. The number of hydrogen-bond donors (Lipinski definition) is 0. The first kappa shape index (κ1) is 14.4. The van der Waals surface area contributed by atoms with Crippen LogP contribution in [0, 0.1) is 10.1 Å². The number of benzene rings is 1. The van der Waals surface area contributed by atoms with Gasteiger partial charge in [0, 0.05) is 23.0 Å². The summed E-state index contributed by atoms with van der Waals surface area (Å²) in [5, 5.41) is 20.0. The van der Waals surface area contributed by atoms with Gasteiger partial charge >= 0.3 is 5.69 Å². The fraction of sp³-hybridized carbons (Fsp3) is 0.467. The highest BCUT2D eigenvalue weighted by Gasteiger charge is 2.36. The van der Waals surface area contributed by atoms with Crippen LogP contribution in [0.25, 0.3) is 0 Å². The van der Waals surface area contributed by atoms with Crippen LogP contribution in [-0.2, 0) is 6.61 Å². The zero-order valence-corrected chi connectivity index (χ0v) is 13.1. The zero-order valence-electron chi connectivity index (χ0n) is 12.3. The molecular weight excluding hydrogens is 320 g/mol. The van der Waals surface area contributed by atoms with E-state index in [1.165, 1.54) is 12.1 Å². The predicted molar refractivity (Wildman–Crippen MR) is 82.7 cm³/mol. The van der Waals surface area contributed by atoms with Crippen LogP contribution < -0.4 is 4.74 Å². The van der Waals surface area contributed by atoms with Gasteiger partial charge in [-0.2, -0.15) is 0 Å². The molecule has 1 aromatic carbocycles. The number of aromatic nitrogens is 3. The van der Waals surface area contributed by atoms with Gasteiger partial charge in [0.05, 0.1) is 4.92 Å². The van der Waals surface area contributed by atoms with Gasteiger partial charge in [-0.25, -0.2) is 0 Å². The Bertz CT molecular complexity index is 768. The van der Waals surface area contributed by atoms with Crippen molar-refractivity contribution in [3.63, 3.8) is 0 Å². The van der Waals surface area contributed by atoms with E-state index in [0.717, 1.165) is 37.3 Å². The van der Waals surface area contributed by atoms with Gasteiger partial charge in [0.2, 0.25) is 0 Å². The molecular formula is C15H15ClN4O3. The lowest BCUT2D eigenvalue weighted by atomic mass is 10.3. The summed E-state index contributed by atoms with van der Waals surface area (Å²) in [7, 11) is 0. The minimum absolute atomic E-state index is 0.141. The Morgan fingerprint density at radius 1 is 1.30 bits per heavy atom. The number of ether oxygens (including phenoxy) is 1. The standard InChI is InChI=1S/C15H15ClN4O3/c16-10-3-6-13(12(7-10)20(21)22)23-8-14-17-18-15(9-1-2-9)19(14)11-4-5-11/h3,6-7,9,11H,1-2,4-5,8H2. The second-order valence-corrected chi connectivity index (χ2v) is 6.44. The Hall–Kier alpha value is -2.15. The highest BCUT2D eigenvalue weighted by Crippen LogP contribution is 2.44. The van der Waals surface area contributed by atoms with Crippen molar-refractivity contribution in [1.29, 1.82) is 0 Å². The lowest BCUT2D eigenvalue weighted by Gasteiger charge is -2.10. The topological polar surface area (TPSA) is 83.1 Å². The molecule has 2 fully saturated rings. The van der Waals surface area contributed by atoms with Gasteiger partial charge in [-0.3, -0.25) is 10.1 Å². The van der Waals surface area contributed by atoms with E-state index < -0.39 is 4.92 Å². The van der Waals surface area contributed by atoms with E-state index in [9.17, 15) is 10.1 Å². The number of hydrogen-bond acceptors (Lipinski definition) is 5. The largest absolute Gasteiger partial charge is 0.479 e. The van der Waals surface area contributed by atoms with Crippen LogP contribution in [0.1, 0.15) is 49.3 Å². The molecule has 2 aromatic rings. The van der Waals surface area contributed by atoms with Crippen molar-refractivity contribution in [2.24, 2.45) is 0 Å². The number of nitrogens with zero attached hydrogens (tertiary/aromatic N) is 4. The van der Waals surface area contributed by atoms with Crippen molar-refractivity contribution in [2.45, 2.75) is 44.2 Å². The van der Waals surface area contributed by atoms with E-state index in [1.807, 2.05) is 0 Å². The molecule has 7 nitrogen and oxygen atoms in total. The van der Waals surface area contributed by atoms with Gasteiger partial charge in [-0.1, -0.05) is 11.6 Å². The quantitative estimate of drug-likeness (QED) is 0.595. The maximum Gasteiger partial charge on any atom is 0.312 e. The summed E-state index contributed by atoms with van der Waals surface area (Å²) in [5.74, 6) is 2.48. The molecule has 1 aromatic heterocycles. The molecule has 8 heteroatoms. The van der Waals surface area contributed by atoms with Crippen molar-refractivity contribution >= 4 is 17.3 Å². The Kier molecular flexibility index (Phi) is 3.45. The van der Waals surface area contributed by atoms with E-state index in [2.05, 4.69) is 14.8 Å². The average Bonchev–Trinajstić information content (AvgIpc) is 3.44. The monoisotopic (exact) mass is 334 g/mol. The van der Waals surface area contributed by atoms with Gasteiger partial charge in [0.1, 0.15) is 12.4 Å². The molecule has 0 N–H and O–H groups in total. The summed E-state index contributed by atoms with van der Waals surface area (Å²) >= 11 is 5.81. The molecule has 0 spiro atoms. The normalized spacial score (nSPS) is 17.3. The van der Waals surface area contributed by atoms with Gasteiger partial charge in [-0.05, 0) is 37.8 Å². The third kappa shape index (κ3) is 2.88. The van der Waals surface area contributed by atoms with E-state index in [4.69, 9.17) is 16.3 Å². The fourth-order valence-electron chi connectivity index (χ4n) is 2.68. The molecule has 0 bridgehead atoms. The first-order valence-corrected chi connectivity index (χ1v) is 8.01. The molecule has 0 aliphatic heterocycles. The summed E-state index contributed by atoms with van der Waals surface area (Å²) < 4.78 is 7.81. The SMILES string of the molecule is O=[N+]([O-])c1cc(Cl)ccc1OCc1nnc(C2CC2)n1C1CC1. The lowest BCUT2D eigenvalue weighted by Crippen LogP contribution is -2.09. The predicted octanol–water partition coefficient (Wildman–Crippen LogP) is 3.63. The summed E-state index contributed by atoms with van der Waals surface area (Å²) in [6.45, 7) is 0.165. The number of halogens is 1. The van der Waals surface area contributed by atoms with E-state index >= 15 is 0 Å². The third-order valence-corrected chi connectivity index (χ3v) is 4.36. The first-order valence-electron chi connectivity index (χ1n) is 7.64. The molecule has 1 heterocycles. The first-order chi connectivity index (χ1) is 11.1. The van der Waals surface area contributed by atoms with Crippen LogP contribution in [0.15, 0.2) is 18.2 Å². The summed E-state index contributed by atoms with van der Waals surface area (Å²) in [6, 6.07) is 4.84. The average molecular weight is 335 g/mol. The van der Waals surface area contributed by atoms with Crippen molar-refractivity contribution in [2.75, 3.05) is 0 Å². The van der Waals surface area contributed by atoms with Crippen molar-refractivity contribution < 1.29 is 9.66 Å². The summed E-state index contributed by atoms with van der Waals surface area (Å²) in [6.07, 6.45) is 4.58. The van der Waals surface area contributed by atoms with Crippen molar-refractivity contribution in [3.05, 3.63) is 45.0 Å². The second kappa shape index (κ2) is 5.49. The van der Waals surface area contributed by atoms with Crippen LogP contribution in [0.5, 0.6) is 5.75 Å². The number of nitro benzene ring substituents is 1. The number of rotatable bonds is 6. The molecule has 120 valence electrons. The van der Waals surface area contributed by atoms with Gasteiger partial charge in [0.15, 0.2) is 11.6 Å². The molecule has 2 aliphatic carbocycles. The van der Waals surface area contributed by atoms with Crippen LogP contribution in [0.3, 0.4) is 0 Å². The Balaban J connectivity index is 1.57. The molecule has 0 atom stereocenters. The molecule has 2 aliphatic rings. The molecule has 0 radical (unpaired) electrons. The smallest absolute Gasteiger partial charge is 0.312 e. The lowest BCUT2D eigenvalue weighted by molar-refractivity contribution is -0.385. The Labute approximate surface area is 137 Å². The van der Waals surface area contributed by atoms with E-state index in [0.29, 0.717) is 17.0 Å². The van der Waals surface area contributed by atoms with Crippen LogP contribution in [-0.4, -0.2) is 19.7 Å². The van der Waals surface area contributed by atoms with Gasteiger partial charge in [-0.15, -0.1) is 10.2 Å². The van der Waals surface area contributed by atoms with E-state index in [-0.39, 0.29) is 18.0 Å². The summed E-state index contributed by atoms with van der Waals surface area (Å²) in [5.41, 5.74) is -0.141. The Morgan fingerprint density at radius 2 is 2.09 bits per heavy atom. The highest BCUT2D eigenvalue weighted by atomic mass is 35.5. The summed E-state index contributed by atoms with van der Waals surface area (Å²) in [4.78, 5) is 10.6. The van der Waals surface area contributed by atoms with E-state index in [1.54, 1.807) is 6.07 Å². The molecule has 0 amide bonds. The van der Waals surface area contributed by atoms with Gasteiger partial charge < -0.3 is 9.30 Å². The number of nitro groups is 1. The third-order valence-electron chi connectivity index (χ3n) is 4.12. The van der Waals surface area contributed by atoms with Gasteiger partial charge in [0.25, 0.3) is 0 Å².